The summed E-state index contributed by atoms with van der Waals surface area (Å²) in [6, 6.07) is 69.9. The Morgan fingerprint density at radius 2 is 0.897 bits per heavy atom. The van der Waals surface area contributed by atoms with Crippen molar-refractivity contribution in [2.24, 2.45) is 0 Å². The first-order valence-corrected chi connectivity index (χ1v) is 24.0. The number of fused-ring (bicyclic) bond motifs is 16. The van der Waals surface area contributed by atoms with E-state index in [1.54, 1.807) is 0 Å². The SMILES string of the molecule is CC(C)(C)c1ccc2c(c1)B1c3cc(C(C)(C)C)ccc3Oc3cc(-n4c5ccccc5c5cccc(N6c7ccccc7C7(c8ccccc8-c8ccccc87)c7ccccc76)c54)cc(c31)O2. The summed E-state index contributed by atoms with van der Waals surface area (Å²) in [4.78, 5) is 2.52. The molecule has 0 atom stereocenters. The molecule has 0 saturated carbocycles. The highest BCUT2D eigenvalue weighted by Crippen LogP contribution is 2.63. The Bertz CT molecular complexity index is 3620. The maximum Gasteiger partial charge on any atom is 0.260 e. The minimum absolute atomic E-state index is 0.0282. The highest BCUT2D eigenvalue weighted by Gasteiger charge is 2.52. The Balaban J connectivity index is 1.03. The second kappa shape index (κ2) is 13.7. The molecular formula is C63H49BN2O2. The van der Waals surface area contributed by atoms with Crippen molar-refractivity contribution in [2.45, 2.75) is 57.8 Å². The standard InChI is InChI=1S/C63H49BN2O2/c1-61(2,3)38-30-32-55-49(34-38)64-50-35-39(62(4,5)6)31-33-56(50)68-58-37-40(36-57(67-55)59(58)64)65-51-26-14-9-20-43(51)44-21-17-29-54(60(44)65)66-52-27-15-12-24-47(52)63(48-25-13-16-28-53(48)66)45-22-10-7-18-41(45)42-19-8-11-23-46(42)63/h7-37H,1-6H3. The van der Waals surface area contributed by atoms with Gasteiger partial charge in [0.2, 0.25) is 0 Å². The van der Waals surface area contributed by atoms with Gasteiger partial charge >= 0.3 is 0 Å². The number of ether oxygens (including phenoxy) is 2. The van der Waals surface area contributed by atoms with E-state index in [2.05, 4.69) is 239 Å². The number of hydrogen-bond donors (Lipinski definition) is 0. The normalized spacial score (nSPS) is 14.6. The smallest absolute Gasteiger partial charge is 0.260 e. The molecule has 0 radical (unpaired) electrons. The molecule has 0 fully saturated rings. The monoisotopic (exact) mass is 876 g/mol. The van der Waals surface area contributed by atoms with Crippen LogP contribution in [0.2, 0.25) is 0 Å². The maximum atomic E-state index is 7.11. The van der Waals surface area contributed by atoms with Gasteiger partial charge in [0.25, 0.3) is 6.71 Å². The number of hydrogen-bond acceptors (Lipinski definition) is 3. The predicted molar refractivity (Wildman–Crippen MR) is 281 cm³/mol. The summed E-state index contributed by atoms with van der Waals surface area (Å²) in [5.41, 5.74) is 19.8. The molecule has 1 aliphatic carbocycles. The molecule has 0 amide bonds. The van der Waals surface area contributed by atoms with E-state index >= 15 is 0 Å². The molecule has 9 aromatic carbocycles. The Kier molecular flexibility index (Phi) is 7.92. The van der Waals surface area contributed by atoms with Crippen molar-refractivity contribution in [3.8, 4) is 39.8 Å². The summed E-state index contributed by atoms with van der Waals surface area (Å²) >= 11 is 0. The molecular weight excluding hydrogens is 828 g/mol. The Hall–Kier alpha value is -7.76. The molecule has 1 aromatic heterocycles. The van der Waals surface area contributed by atoms with Crippen LogP contribution in [-0.2, 0) is 16.2 Å². The molecule has 0 unspecified atom stereocenters. The maximum absolute atomic E-state index is 7.11. The molecule has 10 aromatic rings. The lowest BCUT2D eigenvalue weighted by atomic mass is 9.34. The molecule has 5 heteroatoms. The number of benzene rings is 9. The van der Waals surface area contributed by atoms with Gasteiger partial charge in [-0.2, -0.15) is 0 Å². The van der Waals surface area contributed by atoms with Gasteiger partial charge < -0.3 is 18.9 Å². The third-order valence-electron chi connectivity index (χ3n) is 15.4. The third-order valence-corrected chi connectivity index (χ3v) is 15.4. The summed E-state index contributed by atoms with van der Waals surface area (Å²) in [6.45, 7) is 13.6. The fourth-order valence-corrected chi connectivity index (χ4v) is 12.3. The number of nitrogens with zero attached hydrogens (tertiary/aromatic N) is 2. The summed E-state index contributed by atoms with van der Waals surface area (Å²) < 4.78 is 16.7. The van der Waals surface area contributed by atoms with Gasteiger partial charge in [-0.05, 0) is 103 Å². The van der Waals surface area contributed by atoms with Gasteiger partial charge in [0.05, 0.1) is 39.2 Å². The van der Waals surface area contributed by atoms with Crippen LogP contribution in [-0.4, -0.2) is 11.3 Å². The minimum atomic E-state index is -0.502. The van der Waals surface area contributed by atoms with Crippen molar-refractivity contribution in [1.29, 1.82) is 0 Å². The van der Waals surface area contributed by atoms with Crippen molar-refractivity contribution >= 4 is 62.0 Å². The first-order chi connectivity index (χ1) is 33.0. The second-order valence-electron chi connectivity index (χ2n) is 21.2. The molecule has 0 saturated heterocycles. The lowest BCUT2D eigenvalue weighted by Gasteiger charge is -2.45. The zero-order chi connectivity index (χ0) is 45.8. The van der Waals surface area contributed by atoms with Crippen molar-refractivity contribution in [1.82, 2.24) is 4.57 Å². The number of para-hydroxylation sites is 4. The molecule has 0 N–H and O–H groups in total. The summed E-state index contributed by atoms with van der Waals surface area (Å²) in [7, 11) is 0. The minimum Gasteiger partial charge on any atom is -0.458 e. The Morgan fingerprint density at radius 1 is 0.426 bits per heavy atom. The van der Waals surface area contributed by atoms with E-state index in [1.165, 1.54) is 66.2 Å². The van der Waals surface area contributed by atoms with Crippen LogP contribution in [0, 0.1) is 0 Å². The van der Waals surface area contributed by atoms with Crippen molar-refractivity contribution in [2.75, 3.05) is 4.90 Å². The molecule has 4 nitrogen and oxygen atoms in total. The van der Waals surface area contributed by atoms with Crippen LogP contribution in [0.3, 0.4) is 0 Å². The van der Waals surface area contributed by atoms with E-state index in [0.717, 1.165) is 62.2 Å². The van der Waals surface area contributed by atoms with Gasteiger partial charge in [0, 0.05) is 28.4 Å². The van der Waals surface area contributed by atoms with Gasteiger partial charge in [0.1, 0.15) is 23.0 Å². The van der Waals surface area contributed by atoms with E-state index in [9.17, 15) is 0 Å². The fraction of sp³-hybridized carbons (Fsp3) is 0.143. The first-order valence-electron chi connectivity index (χ1n) is 24.0. The number of aromatic nitrogens is 1. The lowest BCUT2D eigenvalue weighted by Crippen LogP contribution is -2.57. The number of rotatable bonds is 2. The van der Waals surface area contributed by atoms with Crippen molar-refractivity contribution in [3.05, 3.63) is 221 Å². The molecule has 14 rings (SSSR count). The molecule has 3 aliphatic heterocycles. The van der Waals surface area contributed by atoms with Gasteiger partial charge in [0.15, 0.2) is 0 Å². The molecule has 326 valence electrons. The molecule has 4 heterocycles. The van der Waals surface area contributed by atoms with Crippen molar-refractivity contribution in [3.63, 3.8) is 0 Å². The Morgan fingerprint density at radius 3 is 1.46 bits per heavy atom. The van der Waals surface area contributed by atoms with Crippen LogP contribution < -0.4 is 30.8 Å². The highest BCUT2D eigenvalue weighted by atomic mass is 16.5. The summed E-state index contributed by atoms with van der Waals surface area (Å²) in [6.07, 6.45) is 0. The molecule has 68 heavy (non-hydrogen) atoms. The van der Waals surface area contributed by atoms with Crippen LogP contribution in [0.25, 0.3) is 38.6 Å². The average Bonchev–Trinajstić information content (AvgIpc) is 3.84. The second-order valence-corrected chi connectivity index (χ2v) is 21.2. The van der Waals surface area contributed by atoms with Crippen LogP contribution >= 0.6 is 0 Å². The predicted octanol–water partition coefficient (Wildman–Crippen LogP) is 14.3. The van der Waals surface area contributed by atoms with E-state index in [-0.39, 0.29) is 17.5 Å². The highest BCUT2D eigenvalue weighted by molar-refractivity contribution is 6.98. The van der Waals surface area contributed by atoms with Gasteiger partial charge in [-0.25, -0.2) is 0 Å². The topological polar surface area (TPSA) is 26.6 Å². The average molecular weight is 877 g/mol. The van der Waals surface area contributed by atoms with E-state index in [1.807, 2.05) is 0 Å². The van der Waals surface area contributed by atoms with Gasteiger partial charge in [-0.3, -0.25) is 0 Å². The molecule has 4 aliphatic rings. The van der Waals surface area contributed by atoms with Crippen LogP contribution in [0.1, 0.15) is 74.9 Å². The van der Waals surface area contributed by atoms with E-state index in [0.29, 0.717) is 0 Å². The number of anilines is 3. The molecule has 1 spiro atoms. The quantitative estimate of drug-likeness (QED) is 0.162. The van der Waals surface area contributed by atoms with Crippen molar-refractivity contribution < 1.29 is 9.47 Å². The lowest BCUT2D eigenvalue weighted by molar-refractivity contribution is 0.463. The Labute approximate surface area is 398 Å². The van der Waals surface area contributed by atoms with E-state index in [4.69, 9.17) is 9.47 Å². The zero-order valence-corrected chi connectivity index (χ0v) is 39.2. The fourth-order valence-electron chi connectivity index (χ4n) is 12.3. The van der Waals surface area contributed by atoms with Gasteiger partial charge in [-0.15, -0.1) is 0 Å². The molecule has 0 bridgehead atoms. The summed E-state index contributed by atoms with van der Waals surface area (Å²) in [5.74, 6) is 3.42. The van der Waals surface area contributed by atoms with Crippen LogP contribution in [0.4, 0.5) is 17.1 Å². The largest absolute Gasteiger partial charge is 0.458 e. The van der Waals surface area contributed by atoms with Crippen LogP contribution in [0.15, 0.2) is 188 Å². The van der Waals surface area contributed by atoms with E-state index < -0.39 is 5.41 Å². The zero-order valence-electron chi connectivity index (χ0n) is 39.2. The first kappa shape index (κ1) is 39.4. The van der Waals surface area contributed by atoms with Crippen LogP contribution in [0.5, 0.6) is 23.0 Å². The summed E-state index contributed by atoms with van der Waals surface area (Å²) in [5, 5.41) is 2.36. The van der Waals surface area contributed by atoms with Gasteiger partial charge in [-0.1, -0.05) is 181 Å². The third kappa shape index (κ3) is 5.22.